The van der Waals surface area contributed by atoms with E-state index in [0.717, 1.165) is 23.1 Å². The zero-order valence-electron chi connectivity index (χ0n) is 8.61. The molecule has 0 saturated carbocycles. The maximum Gasteiger partial charge on any atom is 0.0847 e. The van der Waals surface area contributed by atoms with Gasteiger partial charge in [0.2, 0.25) is 0 Å². The molecule has 1 N–H and O–H groups in total. The number of hydrogen-bond acceptors (Lipinski definition) is 3. The van der Waals surface area contributed by atoms with Gasteiger partial charge in [-0.15, -0.1) is 11.3 Å². The molecule has 0 radical (unpaired) electrons. The van der Waals surface area contributed by atoms with Crippen LogP contribution in [0.3, 0.4) is 0 Å². The molecule has 1 aliphatic rings. The van der Waals surface area contributed by atoms with Crippen LogP contribution in [0.25, 0.3) is 0 Å². The maximum atomic E-state index is 4.48. The number of pyridine rings is 1. The van der Waals surface area contributed by atoms with Crippen LogP contribution in [-0.4, -0.2) is 11.5 Å². The smallest absolute Gasteiger partial charge is 0.0847 e. The number of hydrogen-bond donors (Lipinski definition) is 1. The Kier molecular flexibility index (Phi) is 2.79. The first-order valence-electron chi connectivity index (χ1n) is 5.26. The zero-order chi connectivity index (χ0) is 11.0. The molecule has 82 valence electrons. The molecule has 1 atom stereocenters. The molecule has 0 aliphatic carbocycles. The molecule has 3 heterocycles. The zero-order valence-corrected chi connectivity index (χ0v) is 11.0. The first-order chi connectivity index (χ1) is 7.84. The van der Waals surface area contributed by atoms with E-state index < -0.39 is 0 Å². The molecule has 0 bridgehead atoms. The number of nitrogens with one attached hydrogen (secondary N) is 1. The minimum Gasteiger partial charge on any atom is -0.304 e. The Morgan fingerprint density at radius 2 is 2.31 bits per heavy atom. The third-order valence-electron chi connectivity index (χ3n) is 2.83. The summed E-state index contributed by atoms with van der Waals surface area (Å²) in [4.78, 5) is 5.90. The van der Waals surface area contributed by atoms with Crippen molar-refractivity contribution in [2.24, 2.45) is 0 Å². The quantitative estimate of drug-likeness (QED) is 0.874. The Balaban J connectivity index is 2.00. The number of fused-ring (bicyclic) bond motifs is 1. The standard InChI is InChI=1S/C12H11BrN2S/c13-9-1-2-10(15-7-9)11-12-8(3-5-14-11)4-6-16-12/h1-2,4,6-7,11,14H,3,5H2. The van der Waals surface area contributed by atoms with Crippen molar-refractivity contribution in [3.63, 3.8) is 0 Å². The second-order valence-corrected chi connectivity index (χ2v) is 5.71. The van der Waals surface area contributed by atoms with Gasteiger partial charge in [-0.25, -0.2) is 0 Å². The van der Waals surface area contributed by atoms with Gasteiger partial charge in [-0.05, 0) is 51.5 Å². The summed E-state index contributed by atoms with van der Waals surface area (Å²) < 4.78 is 1.03. The van der Waals surface area contributed by atoms with Gasteiger partial charge in [0.15, 0.2) is 0 Å². The van der Waals surface area contributed by atoms with E-state index in [1.165, 1.54) is 10.4 Å². The fourth-order valence-corrected chi connectivity index (χ4v) is 3.32. The van der Waals surface area contributed by atoms with E-state index in [2.05, 4.69) is 43.7 Å². The van der Waals surface area contributed by atoms with E-state index in [1.807, 2.05) is 23.6 Å². The van der Waals surface area contributed by atoms with Gasteiger partial charge in [0, 0.05) is 22.1 Å². The lowest BCUT2D eigenvalue weighted by Crippen LogP contribution is -2.29. The summed E-state index contributed by atoms with van der Waals surface area (Å²) in [6.45, 7) is 1.03. The van der Waals surface area contributed by atoms with Crippen LogP contribution in [0.15, 0.2) is 34.2 Å². The molecule has 4 heteroatoms. The third-order valence-corrected chi connectivity index (χ3v) is 4.32. The summed E-state index contributed by atoms with van der Waals surface area (Å²) in [6.07, 6.45) is 2.99. The summed E-state index contributed by atoms with van der Waals surface area (Å²) in [5.41, 5.74) is 2.57. The van der Waals surface area contributed by atoms with Crippen LogP contribution in [0, 0.1) is 0 Å². The average molecular weight is 295 g/mol. The molecule has 2 nitrogen and oxygen atoms in total. The van der Waals surface area contributed by atoms with E-state index in [0.29, 0.717) is 0 Å². The van der Waals surface area contributed by atoms with Crippen molar-refractivity contribution in [3.8, 4) is 0 Å². The van der Waals surface area contributed by atoms with Crippen molar-refractivity contribution in [1.29, 1.82) is 0 Å². The van der Waals surface area contributed by atoms with Gasteiger partial charge in [-0.1, -0.05) is 0 Å². The lowest BCUT2D eigenvalue weighted by atomic mass is 10.0. The van der Waals surface area contributed by atoms with Crippen LogP contribution in [-0.2, 0) is 6.42 Å². The molecule has 0 aromatic carbocycles. The highest BCUT2D eigenvalue weighted by molar-refractivity contribution is 9.10. The molecule has 16 heavy (non-hydrogen) atoms. The first-order valence-corrected chi connectivity index (χ1v) is 6.93. The summed E-state index contributed by atoms with van der Waals surface area (Å²) in [7, 11) is 0. The van der Waals surface area contributed by atoms with Gasteiger partial charge < -0.3 is 5.32 Å². The molecule has 3 rings (SSSR count). The predicted octanol–water partition coefficient (Wildman–Crippen LogP) is 3.14. The van der Waals surface area contributed by atoms with E-state index in [-0.39, 0.29) is 6.04 Å². The van der Waals surface area contributed by atoms with Gasteiger partial charge in [0.25, 0.3) is 0 Å². The second-order valence-electron chi connectivity index (χ2n) is 3.85. The summed E-state index contributed by atoms with van der Waals surface area (Å²) in [5.74, 6) is 0. The molecule has 2 aromatic rings. The van der Waals surface area contributed by atoms with E-state index in [1.54, 1.807) is 0 Å². The molecule has 1 unspecified atom stereocenters. The average Bonchev–Trinajstić information content (AvgIpc) is 2.78. The Bertz CT molecular complexity index is 492. The number of rotatable bonds is 1. The van der Waals surface area contributed by atoms with Crippen LogP contribution in [0.4, 0.5) is 0 Å². The molecule has 2 aromatic heterocycles. The van der Waals surface area contributed by atoms with Crippen molar-refractivity contribution in [2.45, 2.75) is 12.5 Å². The minimum absolute atomic E-state index is 0.275. The third kappa shape index (κ3) is 1.81. The van der Waals surface area contributed by atoms with Gasteiger partial charge in [-0.3, -0.25) is 4.98 Å². The molecular weight excluding hydrogens is 284 g/mol. The SMILES string of the molecule is Brc1ccc(C2NCCc3ccsc32)nc1. The number of nitrogens with zero attached hydrogens (tertiary/aromatic N) is 1. The highest BCUT2D eigenvalue weighted by Crippen LogP contribution is 2.32. The molecule has 0 amide bonds. The Morgan fingerprint density at radius 3 is 3.12 bits per heavy atom. The highest BCUT2D eigenvalue weighted by Gasteiger charge is 2.23. The topological polar surface area (TPSA) is 24.9 Å². The number of halogens is 1. The monoisotopic (exact) mass is 294 g/mol. The lowest BCUT2D eigenvalue weighted by molar-refractivity contribution is 0.567. The van der Waals surface area contributed by atoms with E-state index in [9.17, 15) is 0 Å². The van der Waals surface area contributed by atoms with E-state index >= 15 is 0 Å². The van der Waals surface area contributed by atoms with Crippen molar-refractivity contribution in [3.05, 3.63) is 50.4 Å². The van der Waals surface area contributed by atoms with Crippen LogP contribution in [0.5, 0.6) is 0 Å². The molecule has 0 fully saturated rings. The van der Waals surface area contributed by atoms with Crippen LogP contribution in [0.1, 0.15) is 22.2 Å². The lowest BCUT2D eigenvalue weighted by Gasteiger charge is -2.23. The van der Waals surface area contributed by atoms with Gasteiger partial charge in [0.1, 0.15) is 0 Å². The maximum absolute atomic E-state index is 4.48. The van der Waals surface area contributed by atoms with Crippen LogP contribution < -0.4 is 5.32 Å². The van der Waals surface area contributed by atoms with Crippen molar-refractivity contribution in [2.75, 3.05) is 6.54 Å². The fourth-order valence-electron chi connectivity index (χ4n) is 2.05. The normalized spacial score (nSPS) is 19.4. The van der Waals surface area contributed by atoms with Crippen molar-refractivity contribution >= 4 is 27.3 Å². The van der Waals surface area contributed by atoms with Crippen LogP contribution >= 0.6 is 27.3 Å². The van der Waals surface area contributed by atoms with Gasteiger partial charge in [0.05, 0.1) is 11.7 Å². The van der Waals surface area contributed by atoms with Crippen molar-refractivity contribution < 1.29 is 0 Å². The van der Waals surface area contributed by atoms with Gasteiger partial charge in [-0.2, -0.15) is 0 Å². The Morgan fingerprint density at radius 1 is 1.38 bits per heavy atom. The van der Waals surface area contributed by atoms with Crippen LogP contribution in [0.2, 0.25) is 0 Å². The molecular formula is C12H11BrN2S. The molecule has 0 saturated heterocycles. The second kappa shape index (κ2) is 4.28. The highest BCUT2D eigenvalue weighted by atomic mass is 79.9. The summed E-state index contributed by atoms with van der Waals surface area (Å²) in [5, 5.41) is 5.70. The summed E-state index contributed by atoms with van der Waals surface area (Å²) >= 11 is 5.23. The van der Waals surface area contributed by atoms with E-state index in [4.69, 9.17) is 0 Å². The number of aromatic nitrogens is 1. The number of thiophene rings is 1. The van der Waals surface area contributed by atoms with Crippen molar-refractivity contribution in [1.82, 2.24) is 10.3 Å². The first kappa shape index (κ1) is 10.4. The molecule has 0 spiro atoms. The largest absolute Gasteiger partial charge is 0.304 e. The Labute approximate surface area is 107 Å². The van der Waals surface area contributed by atoms with Gasteiger partial charge >= 0.3 is 0 Å². The minimum atomic E-state index is 0.275. The summed E-state index contributed by atoms with van der Waals surface area (Å²) in [6, 6.07) is 6.63. The molecule has 1 aliphatic heterocycles. The Hall–Kier alpha value is -0.710. The predicted molar refractivity (Wildman–Crippen MR) is 69.8 cm³/mol. The fraction of sp³-hybridized carbons (Fsp3) is 0.250.